The lowest BCUT2D eigenvalue weighted by molar-refractivity contribution is -0.135. The fraction of sp³-hybridized carbons (Fsp3) is 0.304. The lowest BCUT2D eigenvalue weighted by atomic mass is 9.92. The Morgan fingerprint density at radius 3 is 2.75 bits per heavy atom. The highest BCUT2D eigenvalue weighted by Gasteiger charge is 2.55. The molecular formula is C23H23BrN4O4. The van der Waals surface area contributed by atoms with Crippen LogP contribution >= 0.6 is 15.9 Å². The van der Waals surface area contributed by atoms with E-state index in [1.807, 2.05) is 43.3 Å². The van der Waals surface area contributed by atoms with Gasteiger partial charge in [-0.05, 0) is 48.6 Å². The van der Waals surface area contributed by atoms with Gasteiger partial charge in [0.05, 0.1) is 0 Å². The smallest absolute Gasteiger partial charge is 0.325 e. The molecule has 0 bridgehead atoms. The van der Waals surface area contributed by atoms with Gasteiger partial charge in [-0.3, -0.25) is 19.3 Å². The first-order valence-electron chi connectivity index (χ1n) is 10.4. The van der Waals surface area contributed by atoms with Gasteiger partial charge in [-0.15, -0.1) is 0 Å². The van der Waals surface area contributed by atoms with Crippen LogP contribution in [0.25, 0.3) is 0 Å². The summed E-state index contributed by atoms with van der Waals surface area (Å²) in [5, 5.41) is 8.21. The van der Waals surface area contributed by atoms with Gasteiger partial charge >= 0.3 is 6.03 Å². The summed E-state index contributed by atoms with van der Waals surface area (Å²) in [5.41, 5.74) is 2.35. The van der Waals surface area contributed by atoms with Gasteiger partial charge in [0.15, 0.2) is 0 Å². The monoisotopic (exact) mass is 498 g/mol. The molecule has 1 heterocycles. The highest BCUT2D eigenvalue weighted by Crippen LogP contribution is 2.41. The number of carbonyl (C=O) groups excluding carboxylic acids is 4. The Kier molecular flexibility index (Phi) is 6.01. The SMILES string of the molecule is Cc1ccc(Br)cc1NC(=O)CCNC(=O)CN1C(=O)NC2(CCc3ccccc32)C1=O. The van der Waals surface area contributed by atoms with Crippen molar-refractivity contribution in [1.29, 1.82) is 0 Å². The third kappa shape index (κ3) is 4.12. The van der Waals surface area contributed by atoms with Gasteiger partial charge in [-0.1, -0.05) is 46.3 Å². The van der Waals surface area contributed by atoms with Gasteiger partial charge in [-0.25, -0.2) is 4.79 Å². The lowest BCUT2D eigenvalue weighted by Crippen LogP contribution is -2.44. The fourth-order valence-corrected chi connectivity index (χ4v) is 4.55. The van der Waals surface area contributed by atoms with Crippen molar-refractivity contribution < 1.29 is 19.2 Å². The van der Waals surface area contributed by atoms with Gasteiger partial charge in [0.25, 0.3) is 5.91 Å². The molecule has 5 amide bonds. The second-order valence-electron chi connectivity index (χ2n) is 7.99. The number of nitrogens with zero attached hydrogens (tertiary/aromatic N) is 1. The molecule has 3 N–H and O–H groups in total. The zero-order valence-electron chi connectivity index (χ0n) is 17.5. The number of imide groups is 1. The van der Waals surface area contributed by atoms with Crippen LogP contribution in [-0.2, 0) is 26.3 Å². The highest BCUT2D eigenvalue weighted by atomic mass is 79.9. The van der Waals surface area contributed by atoms with E-state index in [2.05, 4.69) is 31.9 Å². The summed E-state index contributed by atoms with van der Waals surface area (Å²) >= 11 is 3.37. The summed E-state index contributed by atoms with van der Waals surface area (Å²) in [6, 6.07) is 12.5. The zero-order valence-corrected chi connectivity index (χ0v) is 19.1. The number of halogens is 1. The topological polar surface area (TPSA) is 108 Å². The van der Waals surface area contributed by atoms with Crippen LogP contribution in [0.4, 0.5) is 10.5 Å². The van der Waals surface area contributed by atoms with Crippen LogP contribution in [0.5, 0.6) is 0 Å². The van der Waals surface area contributed by atoms with Crippen molar-refractivity contribution in [2.45, 2.75) is 31.7 Å². The number of fused-ring (bicyclic) bond motifs is 2. The second kappa shape index (κ2) is 8.74. The number of hydrogen-bond acceptors (Lipinski definition) is 4. The van der Waals surface area contributed by atoms with E-state index in [1.165, 1.54) is 0 Å². The number of urea groups is 1. The van der Waals surface area contributed by atoms with Crippen molar-refractivity contribution >= 4 is 45.4 Å². The molecule has 0 aromatic heterocycles. The molecule has 9 heteroatoms. The van der Waals surface area contributed by atoms with E-state index < -0.39 is 23.4 Å². The molecule has 0 saturated carbocycles. The molecule has 1 unspecified atom stereocenters. The van der Waals surface area contributed by atoms with Crippen molar-refractivity contribution in [3.8, 4) is 0 Å². The molecule has 1 atom stereocenters. The molecule has 8 nitrogen and oxygen atoms in total. The second-order valence-corrected chi connectivity index (χ2v) is 8.91. The first kappa shape index (κ1) is 22.0. The Bertz CT molecular complexity index is 1120. The predicted molar refractivity (Wildman–Crippen MR) is 122 cm³/mol. The summed E-state index contributed by atoms with van der Waals surface area (Å²) in [7, 11) is 0. The molecule has 2 aliphatic rings. The maximum atomic E-state index is 13.1. The number of amides is 5. The molecule has 2 aromatic rings. The van der Waals surface area contributed by atoms with E-state index >= 15 is 0 Å². The average Bonchev–Trinajstić information content (AvgIpc) is 3.24. The number of benzene rings is 2. The number of hydrogen-bond donors (Lipinski definition) is 3. The van der Waals surface area contributed by atoms with Crippen LogP contribution < -0.4 is 16.0 Å². The average molecular weight is 499 g/mol. The minimum absolute atomic E-state index is 0.0646. The molecule has 166 valence electrons. The van der Waals surface area contributed by atoms with Crippen molar-refractivity contribution in [3.63, 3.8) is 0 Å². The maximum absolute atomic E-state index is 13.1. The number of rotatable bonds is 6. The normalized spacial score (nSPS) is 19.1. The molecule has 32 heavy (non-hydrogen) atoms. The van der Waals surface area contributed by atoms with Gasteiger partial charge in [0.2, 0.25) is 11.8 Å². The minimum atomic E-state index is -1.09. The Morgan fingerprint density at radius 2 is 1.94 bits per heavy atom. The van der Waals surface area contributed by atoms with Crippen LogP contribution in [-0.4, -0.2) is 41.7 Å². The van der Waals surface area contributed by atoms with E-state index in [9.17, 15) is 19.2 Å². The summed E-state index contributed by atoms with van der Waals surface area (Å²) in [6.07, 6.45) is 1.23. The first-order chi connectivity index (χ1) is 15.3. The van der Waals surface area contributed by atoms with E-state index in [0.717, 1.165) is 26.1 Å². The molecule has 1 spiro atoms. The highest BCUT2D eigenvalue weighted by molar-refractivity contribution is 9.10. The van der Waals surface area contributed by atoms with Crippen LogP contribution in [0.1, 0.15) is 29.5 Å². The number of anilines is 1. The Hall–Kier alpha value is -3.20. The number of nitrogens with one attached hydrogen (secondary N) is 3. The van der Waals surface area contributed by atoms with Gasteiger partial charge < -0.3 is 16.0 Å². The van der Waals surface area contributed by atoms with Crippen molar-refractivity contribution in [2.24, 2.45) is 0 Å². The molecular weight excluding hydrogens is 476 g/mol. The zero-order chi connectivity index (χ0) is 22.9. The number of aryl methyl sites for hydroxylation is 2. The Balaban J connectivity index is 1.30. The molecule has 0 radical (unpaired) electrons. The third-order valence-electron chi connectivity index (χ3n) is 5.87. The summed E-state index contributed by atoms with van der Waals surface area (Å²) in [6.45, 7) is 1.59. The summed E-state index contributed by atoms with van der Waals surface area (Å²) in [4.78, 5) is 51.0. The van der Waals surface area contributed by atoms with Gasteiger partial charge in [-0.2, -0.15) is 0 Å². The van der Waals surface area contributed by atoms with Crippen LogP contribution in [0.3, 0.4) is 0 Å². The van der Waals surface area contributed by atoms with Gasteiger partial charge in [0.1, 0.15) is 12.1 Å². The molecule has 2 aromatic carbocycles. The summed E-state index contributed by atoms with van der Waals surface area (Å²) in [5.74, 6) is -1.16. The van der Waals surface area contributed by atoms with Crippen LogP contribution in [0.2, 0.25) is 0 Å². The van der Waals surface area contributed by atoms with Crippen molar-refractivity contribution in [2.75, 3.05) is 18.4 Å². The fourth-order valence-electron chi connectivity index (χ4n) is 4.19. The first-order valence-corrected chi connectivity index (χ1v) is 11.1. The van der Waals surface area contributed by atoms with E-state index in [4.69, 9.17) is 0 Å². The van der Waals surface area contributed by atoms with Gasteiger partial charge in [0, 0.05) is 23.1 Å². The van der Waals surface area contributed by atoms with Crippen molar-refractivity contribution in [3.05, 3.63) is 63.6 Å². The van der Waals surface area contributed by atoms with Crippen LogP contribution in [0, 0.1) is 6.92 Å². The quantitative estimate of drug-likeness (QED) is 0.532. The molecule has 1 aliphatic carbocycles. The molecule has 1 aliphatic heterocycles. The Morgan fingerprint density at radius 1 is 1.16 bits per heavy atom. The van der Waals surface area contributed by atoms with Crippen LogP contribution in [0.15, 0.2) is 46.9 Å². The third-order valence-corrected chi connectivity index (χ3v) is 6.37. The Labute approximate surface area is 193 Å². The number of carbonyl (C=O) groups is 4. The summed E-state index contributed by atoms with van der Waals surface area (Å²) < 4.78 is 0.850. The minimum Gasteiger partial charge on any atom is -0.354 e. The van der Waals surface area contributed by atoms with E-state index in [1.54, 1.807) is 6.07 Å². The van der Waals surface area contributed by atoms with Crippen molar-refractivity contribution in [1.82, 2.24) is 15.5 Å². The van der Waals surface area contributed by atoms with E-state index in [0.29, 0.717) is 18.5 Å². The largest absolute Gasteiger partial charge is 0.354 e. The standard InChI is InChI=1S/C23H23BrN4O4/c1-14-6-7-16(24)12-18(14)26-19(29)9-11-25-20(30)13-28-21(31)23(27-22(28)32)10-8-15-4-2-3-5-17(15)23/h2-7,12H,8-11,13H2,1H3,(H,25,30)(H,26,29)(H,27,32). The maximum Gasteiger partial charge on any atom is 0.325 e. The molecule has 1 fully saturated rings. The predicted octanol–water partition coefficient (Wildman–Crippen LogP) is 2.60. The molecule has 4 rings (SSSR count). The van der Waals surface area contributed by atoms with E-state index in [-0.39, 0.29) is 25.4 Å². The lowest BCUT2D eigenvalue weighted by Gasteiger charge is -2.22. The molecule has 1 saturated heterocycles.